The normalized spacial score (nSPS) is 11.5. The highest BCUT2D eigenvalue weighted by molar-refractivity contribution is 6.15. The van der Waals surface area contributed by atoms with E-state index in [4.69, 9.17) is 0 Å². The number of hydrogen-bond acceptors (Lipinski definition) is 3. The van der Waals surface area contributed by atoms with Gasteiger partial charge in [-0.15, -0.1) is 0 Å². The molecule has 0 saturated carbocycles. The van der Waals surface area contributed by atoms with Crippen LogP contribution in [-0.4, -0.2) is 41.5 Å². The van der Waals surface area contributed by atoms with Gasteiger partial charge in [0.25, 0.3) is 0 Å². The summed E-state index contributed by atoms with van der Waals surface area (Å²) < 4.78 is 1.99. The Kier molecular flexibility index (Phi) is 4.01. The second-order valence-corrected chi connectivity index (χ2v) is 6.10. The topological polar surface area (TPSA) is 41.8 Å². The van der Waals surface area contributed by atoms with E-state index in [0.717, 1.165) is 28.5 Å². The van der Waals surface area contributed by atoms with Crippen molar-refractivity contribution in [2.24, 2.45) is 0 Å². The summed E-state index contributed by atoms with van der Waals surface area (Å²) in [6.45, 7) is 2.27. The largest absolute Gasteiger partial charge is 0.316 e. The van der Waals surface area contributed by atoms with E-state index in [2.05, 4.69) is 0 Å². The average molecular weight is 308 g/mol. The summed E-state index contributed by atoms with van der Waals surface area (Å²) in [6, 6.07) is 11.4. The van der Waals surface area contributed by atoms with Crippen molar-refractivity contribution in [1.82, 2.24) is 9.30 Å². The van der Waals surface area contributed by atoms with Gasteiger partial charge in [0.1, 0.15) is 0 Å². The molecule has 0 aliphatic carbocycles. The van der Waals surface area contributed by atoms with Crippen molar-refractivity contribution in [2.75, 3.05) is 20.6 Å². The Bertz CT molecular complexity index is 906. The van der Waals surface area contributed by atoms with Gasteiger partial charge in [-0.25, -0.2) is 0 Å². The maximum Gasteiger partial charge on any atom is 0.166 e. The molecule has 0 fully saturated rings. The number of benzene rings is 1. The number of pyridine rings is 1. The molecule has 0 N–H and O–H groups in total. The smallest absolute Gasteiger partial charge is 0.166 e. The molecule has 4 heteroatoms. The van der Waals surface area contributed by atoms with Gasteiger partial charge in [-0.2, -0.15) is 0 Å². The molecule has 0 unspecified atom stereocenters. The number of carbonyl (C=O) groups excluding carboxylic acids is 2. The Hall–Kier alpha value is -2.46. The molecule has 0 saturated heterocycles. The zero-order chi connectivity index (χ0) is 16.6. The molecule has 4 nitrogen and oxygen atoms in total. The molecule has 2 heterocycles. The minimum Gasteiger partial charge on any atom is -0.316 e. The van der Waals surface area contributed by atoms with E-state index in [1.807, 2.05) is 59.9 Å². The third-order valence-electron chi connectivity index (χ3n) is 4.11. The highest BCUT2D eigenvalue weighted by atomic mass is 16.1. The van der Waals surface area contributed by atoms with E-state index in [0.29, 0.717) is 12.0 Å². The molecular weight excluding hydrogens is 288 g/mol. The lowest BCUT2D eigenvalue weighted by Gasteiger charge is -2.08. The second kappa shape index (κ2) is 5.97. The molecule has 3 aromatic rings. The SMILES string of the molecule is CC(=O)c1ccc2c(C(=O)CCN(C)C)c3ccccn3c2c1. The number of aromatic nitrogens is 1. The summed E-state index contributed by atoms with van der Waals surface area (Å²) in [7, 11) is 3.92. The highest BCUT2D eigenvalue weighted by Crippen LogP contribution is 2.28. The predicted molar refractivity (Wildman–Crippen MR) is 92.4 cm³/mol. The van der Waals surface area contributed by atoms with Gasteiger partial charge in [-0.1, -0.05) is 18.2 Å². The lowest BCUT2D eigenvalue weighted by molar-refractivity contribution is 0.0974. The summed E-state index contributed by atoms with van der Waals surface area (Å²) in [6.07, 6.45) is 2.41. The van der Waals surface area contributed by atoms with Crippen LogP contribution in [-0.2, 0) is 0 Å². The Balaban J connectivity index is 2.22. The van der Waals surface area contributed by atoms with Crippen LogP contribution >= 0.6 is 0 Å². The highest BCUT2D eigenvalue weighted by Gasteiger charge is 2.18. The van der Waals surface area contributed by atoms with Gasteiger partial charge in [0.15, 0.2) is 11.6 Å². The van der Waals surface area contributed by atoms with Crippen molar-refractivity contribution >= 4 is 28.0 Å². The van der Waals surface area contributed by atoms with E-state index in [-0.39, 0.29) is 11.6 Å². The van der Waals surface area contributed by atoms with Crippen molar-refractivity contribution in [3.05, 3.63) is 53.7 Å². The van der Waals surface area contributed by atoms with Crippen molar-refractivity contribution in [3.8, 4) is 0 Å². The summed E-state index contributed by atoms with van der Waals surface area (Å²) in [4.78, 5) is 26.4. The zero-order valence-corrected chi connectivity index (χ0v) is 13.7. The first-order chi connectivity index (χ1) is 11.0. The van der Waals surface area contributed by atoms with Crippen LogP contribution in [0.15, 0.2) is 42.6 Å². The number of ketones is 2. The molecule has 3 rings (SSSR count). The molecule has 0 spiro atoms. The molecule has 118 valence electrons. The van der Waals surface area contributed by atoms with Crippen LogP contribution in [0.1, 0.15) is 34.1 Å². The van der Waals surface area contributed by atoms with Gasteiger partial charge in [-0.3, -0.25) is 9.59 Å². The third-order valence-corrected chi connectivity index (χ3v) is 4.11. The van der Waals surface area contributed by atoms with Gasteiger partial charge in [0, 0.05) is 30.1 Å². The molecule has 23 heavy (non-hydrogen) atoms. The summed E-state index contributed by atoms with van der Waals surface area (Å²) in [5.74, 6) is 0.159. The van der Waals surface area contributed by atoms with Gasteiger partial charge >= 0.3 is 0 Å². The fourth-order valence-electron chi connectivity index (χ4n) is 2.90. The molecule has 0 aliphatic rings. The quantitative estimate of drug-likeness (QED) is 0.678. The average Bonchev–Trinajstić information content (AvgIpc) is 2.86. The minimum absolute atomic E-state index is 0.0262. The standard InChI is InChI=1S/C19H20N2O2/c1-13(22)14-7-8-15-17(12-14)21-10-5-4-6-16(21)19(15)18(23)9-11-20(2)3/h4-8,10,12H,9,11H2,1-3H3. The molecule has 0 bridgehead atoms. The molecule has 0 radical (unpaired) electrons. The van der Waals surface area contributed by atoms with E-state index < -0.39 is 0 Å². The number of rotatable bonds is 5. The van der Waals surface area contributed by atoms with Gasteiger partial charge in [-0.05, 0) is 39.2 Å². The monoisotopic (exact) mass is 308 g/mol. The van der Waals surface area contributed by atoms with Crippen LogP contribution in [0.2, 0.25) is 0 Å². The summed E-state index contributed by atoms with van der Waals surface area (Å²) in [5.41, 5.74) is 3.21. The maximum absolute atomic E-state index is 12.8. The molecular formula is C19H20N2O2. The number of Topliss-reactive ketones (excluding diaryl/α,β-unsaturated/α-hetero) is 2. The van der Waals surface area contributed by atoms with Crippen LogP contribution in [0, 0.1) is 0 Å². The van der Waals surface area contributed by atoms with Crippen LogP contribution < -0.4 is 0 Å². The van der Waals surface area contributed by atoms with E-state index in [1.54, 1.807) is 13.0 Å². The molecule has 0 amide bonds. The van der Waals surface area contributed by atoms with Gasteiger partial charge in [0.05, 0.1) is 16.6 Å². The number of fused-ring (bicyclic) bond motifs is 3. The summed E-state index contributed by atoms with van der Waals surface area (Å²) >= 11 is 0. The Labute approximate surface area is 135 Å². The number of nitrogens with zero attached hydrogens (tertiary/aromatic N) is 2. The Morgan fingerprint density at radius 1 is 1.09 bits per heavy atom. The first kappa shape index (κ1) is 15.4. The summed E-state index contributed by atoms with van der Waals surface area (Å²) in [5, 5.41) is 0.907. The van der Waals surface area contributed by atoms with Crippen molar-refractivity contribution in [2.45, 2.75) is 13.3 Å². The molecule has 0 atom stereocenters. The first-order valence-corrected chi connectivity index (χ1v) is 7.70. The van der Waals surface area contributed by atoms with Crippen molar-refractivity contribution < 1.29 is 9.59 Å². The van der Waals surface area contributed by atoms with E-state index in [9.17, 15) is 9.59 Å². The number of hydrogen-bond donors (Lipinski definition) is 0. The van der Waals surface area contributed by atoms with Gasteiger partial charge < -0.3 is 9.30 Å². The van der Waals surface area contributed by atoms with E-state index in [1.165, 1.54) is 0 Å². The second-order valence-electron chi connectivity index (χ2n) is 6.10. The first-order valence-electron chi connectivity index (χ1n) is 7.70. The van der Waals surface area contributed by atoms with E-state index >= 15 is 0 Å². The molecule has 1 aromatic carbocycles. The van der Waals surface area contributed by atoms with Crippen molar-refractivity contribution in [1.29, 1.82) is 0 Å². The van der Waals surface area contributed by atoms with Crippen LogP contribution in [0.25, 0.3) is 16.4 Å². The lowest BCUT2D eigenvalue weighted by Crippen LogP contribution is -2.16. The Morgan fingerprint density at radius 3 is 2.57 bits per heavy atom. The van der Waals surface area contributed by atoms with Crippen LogP contribution in [0.4, 0.5) is 0 Å². The molecule has 0 aliphatic heterocycles. The zero-order valence-electron chi connectivity index (χ0n) is 13.7. The lowest BCUT2D eigenvalue weighted by atomic mass is 10.0. The van der Waals surface area contributed by atoms with Crippen molar-refractivity contribution in [3.63, 3.8) is 0 Å². The van der Waals surface area contributed by atoms with Crippen LogP contribution in [0.5, 0.6) is 0 Å². The third kappa shape index (κ3) is 2.78. The fourth-order valence-corrected chi connectivity index (χ4v) is 2.90. The predicted octanol–water partition coefficient (Wildman–Crippen LogP) is 3.43. The molecule has 2 aromatic heterocycles. The maximum atomic E-state index is 12.8. The minimum atomic E-state index is 0.0262. The Morgan fingerprint density at radius 2 is 1.87 bits per heavy atom. The number of carbonyl (C=O) groups is 2. The van der Waals surface area contributed by atoms with Gasteiger partial charge in [0.2, 0.25) is 0 Å². The fraction of sp³-hybridized carbons (Fsp3) is 0.263. The van der Waals surface area contributed by atoms with Crippen LogP contribution in [0.3, 0.4) is 0 Å².